The van der Waals surface area contributed by atoms with E-state index in [0.29, 0.717) is 12.3 Å². The van der Waals surface area contributed by atoms with Gasteiger partial charge < -0.3 is 15.0 Å². The van der Waals surface area contributed by atoms with E-state index < -0.39 is 0 Å². The minimum Gasteiger partial charge on any atom is -0.494 e. The predicted octanol–water partition coefficient (Wildman–Crippen LogP) is 2.30. The minimum absolute atomic E-state index is 0.0972. The highest BCUT2D eigenvalue weighted by molar-refractivity contribution is 5.93. The van der Waals surface area contributed by atoms with E-state index in [1.54, 1.807) is 6.07 Å². The Balaban J connectivity index is 1.65. The van der Waals surface area contributed by atoms with Crippen molar-refractivity contribution < 1.29 is 9.53 Å². The fourth-order valence-electron chi connectivity index (χ4n) is 3.02. The summed E-state index contributed by atoms with van der Waals surface area (Å²) in [5, 5.41) is 10.2. The van der Waals surface area contributed by atoms with Gasteiger partial charge in [0.05, 0.1) is 12.3 Å². The van der Waals surface area contributed by atoms with Gasteiger partial charge in [0, 0.05) is 18.2 Å². The van der Waals surface area contributed by atoms with Gasteiger partial charge in [-0.3, -0.25) is 9.89 Å². The molecule has 0 unspecified atom stereocenters. The van der Waals surface area contributed by atoms with E-state index in [2.05, 4.69) is 27.5 Å². The van der Waals surface area contributed by atoms with Gasteiger partial charge >= 0.3 is 0 Å². The van der Waals surface area contributed by atoms with Gasteiger partial charge in [-0.2, -0.15) is 5.10 Å². The lowest BCUT2D eigenvalue weighted by Gasteiger charge is -2.29. The maximum absolute atomic E-state index is 12.4. The molecule has 0 aliphatic carbocycles. The Morgan fingerprint density at radius 2 is 2.21 bits per heavy atom. The van der Waals surface area contributed by atoms with Crippen LogP contribution in [0.1, 0.15) is 30.3 Å². The Labute approximate surface area is 142 Å². The normalized spacial score (nSPS) is 18.3. The lowest BCUT2D eigenvalue weighted by Crippen LogP contribution is -2.46. The number of piperidine rings is 1. The second-order valence-electron chi connectivity index (χ2n) is 6.20. The third kappa shape index (κ3) is 3.94. The Morgan fingerprint density at radius 3 is 2.92 bits per heavy atom. The van der Waals surface area contributed by atoms with Crippen LogP contribution >= 0.6 is 0 Å². The average molecular weight is 328 g/mol. The summed E-state index contributed by atoms with van der Waals surface area (Å²) in [6, 6.07) is 9.69. The number of nitrogens with one attached hydrogen (secondary N) is 2. The smallest absolute Gasteiger partial charge is 0.269 e. The summed E-state index contributed by atoms with van der Waals surface area (Å²) in [5.74, 6) is 0.733. The number of likely N-dealkylation sites (N-methyl/N-ethyl adjacent to an activating group) is 1. The zero-order valence-corrected chi connectivity index (χ0v) is 14.2. The van der Waals surface area contributed by atoms with Crippen LogP contribution in [0.25, 0.3) is 11.3 Å². The van der Waals surface area contributed by atoms with E-state index in [4.69, 9.17) is 4.74 Å². The van der Waals surface area contributed by atoms with Crippen LogP contribution in [0.3, 0.4) is 0 Å². The van der Waals surface area contributed by atoms with Gasteiger partial charge in [-0.25, -0.2) is 0 Å². The first kappa shape index (κ1) is 16.5. The molecule has 2 heterocycles. The molecule has 0 bridgehead atoms. The zero-order chi connectivity index (χ0) is 16.9. The van der Waals surface area contributed by atoms with Crippen LogP contribution in [0.5, 0.6) is 5.75 Å². The molecule has 0 saturated carbocycles. The van der Waals surface area contributed by atoms with Gasteiger partial charge in [-0.05, 0) is 63.7 Å². The number of carbonyl (C=O) groups is 1. The zero-order valence-electron chi connectivity index (χ0n) is 14.2. The monoisotopic (exact) mass is 328 g/mol. The number of carbonyl (C=O) groups excluding carboxylic acids is 1. The lowest BCUT2D eigenvalue weighted by molar-refractivity contribution is 0.0907. The number of nitrogens with zero attached hydrogens (tertiary/aromatic N) is 2. The van der Waals surface area contributed by atoms with Crippen molar-refractivity contribution in [3.05, 3.63) is 36.0 Å². The van der Waals surface area contributed by atoms with Crippen LogP contribution in [-0.4, -0.2) is 53.8 Å². The molecule has 6 heteroatoms. The maximum Gasteiger partial charge on any atom is 0.269 e. The van der Waals surface area contributed by atoms with Crippen molar-refractivity contribution in [2.75, 3.05) is 26.7 Å². The van der Waals surface area contributed by atoms with Crippen LogP contribution in [0.4, 0.5) is 0 Å². The molecule has 1 saturated heterocycles. The topological polar surface area (TPSA) is 70.2 Å². The molecule has 0 spiro atoms. The molecule has 2 aromatic rings. The van der Waals surface area contributed by atoms with Gasteiger partial charge in [0.25, 0.3) is 5.91 Å². The fraction of sp³-hybridized carbons (Fsp3) is 0.444. The summed E-state index contributed by atoms with van der Waals surface area (Å²) >= 11 is 0. The van der Waals surface area contributed by atoms with Crippen LogP contribution in [0.15, 0.2) is 30.3 Å². The number of aromatic amines is 1. The van der Waals surface area contributed by atoms with Gasteiger partial charge in [-0.15, -0.1) is 0 Å². The molecule has 1 aliphatic rings. The molecule has 1 atom stereocenters. The standard InChI is InChI=1S/C18H24N4O2/c1-3-24-15-8-6-13(7-9-15)16-11-17(21-20-16)18(23)19-14-5-4-10-22(2)12-14/h6-9,11,14H,3-5,10,12H2,1-2H3,(H,19,23)(H,20,21)/t14-/m0/s1. The van der Waals surface area contributed by atoms with E-state index in [1.807, 2.05) is 31.2 Å². The van der Waals surface area contributed by atoms with Crippen molar-refractivity contribution in [1.29, 1.82) is 0 Å². The van der Waals surface area contributed by atoms with Gasteiger partial charge in [0.1, 0.15) is 11.4 Å². The number of rotatable bonds is 5. The van der Waals surface area contributed by atoms with Crippen LogP contribution in [0.2, 0.25) is 0 Å². The Morgan fingerprint density at radius 1 is 1.42 bits per heavy atom. The first-order chi connectivity index (χ1) is 11.7. The van der Waals surface area contributed by atoms with Crippen LogP contribution < -0.4 is 10.1 Å². The SMILES string of the molecule is CCOc1ccc(-c2cc(C(=O)N[C@H]3CCCN(C)C3)[nH]n2)cc1. The number of benzene rings is 1. The molecule has 1 fully saturated rings. The third-order valence-electron chi connectivity index (χ3n) is 4.24. The molecule has 1 aromatic carbocycles. The van der Waals surface area contributed by atoms with Crippen molar-refractivity contribution in [3.8, 4) is 17.0 Å². The summed E-state index contributed by atoms with van der Waals surface area (Å²) < 4.78 is 5.44. The number of hydrogen-bond acceptors (Lipinski definition) is 4. The Kier molecular flexibility index (Phi) is 5.15. The van der Waals surface area contributed by atoms with Crippen LogP contribution in [-0.2, 0) is 0 Å². The summed E-state index contributed by atoms with van der Waals surface area (Å²) in [4.78, 5) is 14.6. The molecular formula is C18H24N4O2. The van der Waals surface area contributed by atoms with Gasteiger partial charge in [0.2, 0.25) is 0 Å². The Hall–Kier alpha value is -2.34. The highest BCUT2D eigenvalue weighted by Crippen LogP contribution is 2.21. The van der Waals surface area contributed by atoms with Gasteiger partial charge in [-0.1, -0.05) is 0 Å². The molecular weight excluding hydrogens is 304 g/mol. The van der Waals surface area contributed by atoms with E-state index in [-0.39, 0.29) is 11.9 Å². The number of hydrogen-bond donors (Lipinski definition) is 2. The quantitative estimate of drug-likeness (QED) is 0.883. The van der Waals surface area contributed by atoms with Crippen molar-refractivity contribution in [2.24, 2.45) is 0 Å². The third-order valence-corrected chi connectivity index (χ3v) is 4.24. The van der Waals surface area contributed by atoms with Crippen molar-refractivity contribution in [1.82, 2.24) is 20.4 Å². The maximum atomic E-state index is 12.4. The molecule has 2 N–H and O–H groups in total. The highest BCUT2D eigenvalue weighted by atomic mass is 16.5. The largest absolute Gasteiger partial charge is 0.494 e. The van der Waals surface area contributed by atoms with E-state index in [1.165, 1.54) is 0 Å². The number of H-pyrrole nitrogens is 1. The second-order valence-corrected chi connectivity index (χ2v) is 6.20. The number of amides is 1. The molecule has 0 radical (unpaired) electrons. The molecule has 6 nitrogen and oxygen atoms in total. The summed E-state index contributed by atoms with van der Waals surface area (Å²) in [5.41, 5.74) is 2.20. The molecule has 1 amide bonds. The van der Waals surface area contributed by atoms with E-state index >= 15 is 0 Å². The predicted molar refractivity (Wildman–Crippen MR) is 93.2 cm³/mol. The van der Waals surface area contributed by atoms with Crippen molar-refractivity contribution in [2.45, 2.75) is 25.8 Å². The molecule has 3 rings (SSSR count). The first-order valence-electron chi connectivity index (χ1n) is 8.43. The van der Waals surface area contributed by atoms with E-state index in [0.717, 1.165) is 42.9 Å². The van der Waals surface area contributed by atoms with Crippen LogP contribution in [0, 0.1) is 0 Å². The molecule has 128 valence electrons. The first-order valence-corrected chi connectivity index (χ1v) is 8.43. The average Bonchev–Trinajstić information content (AvgIpc) is 3.06. The minimum atomic E-state index is -0.0972. The highest BCUT2D eigenvalue weighted by Gasteiger charge is 2.20. The van der Waals surface area contributed by atoms with Crippen molar-refractivity contribution in [3.63, 3.8) is 0 Å². The number of aromatic nitrogens is 2. The Bertz CT molecular complexity index is 681. The molecule has 1 aromatic heterocycles. The second kappa shape index (κ2) is 7.49. The summed E-state index contributed by atoms with van der Waals surface area (Å²) in [6.45, 7) is 4.59. The van der Waals surface area contributed by atoms with Gasteiger partial charge in [0.15, 0.2) is 0 Å². The summed E-state index contributed by atoms with van der Waals surface area (Å²) in [6.07, 6.45) is 2.14. The lowest BCUT2D eigenvalue weighted by atomic mass is 10.1. The molecule has 1 aliphatic heterocycles. The molecule has 24 heavy (non-hydrogen) atoms. The van der Waals surface area contributed by atoms with E-state index in [9.17, 15) is 4.79 Å². The summed E-state index contributed by atoms with van der Waals surface area (Å²) in [7, 11) is 2.08. The number of likely N-dealkylation sites (tertiary alicyclic amines) is 1. The number of ether oxygens (including phenoxy) is 1. The fourth-order valence-corrected chi connectivity index (χ4v) is 3.02. The van der Waals surface area contributed by atoms with Crippen molar-refractivity contribution >= 4 is 5.91 Å².